The number of aromatic amines is 1. The Kier molecular flexibility index (Phi) is 9.21. The summed E-state index contributed by atoms with van der Waals surface area (Å²) in [5.41, 5.74) is 1.72. The Labute approximate surface area is 202 Å². The molecule has 0 aliphatic carbocycles. The average molecular weight is 588 g/mol. The Morgan fingerprint density at radius 3 is 2.03 bits per heavy atom. The minimum Gasteiger partial charge on any atom is -0.278 e. The van der Waals surface area contributed by atoms with Crippen LogP contribution in [0.1, 0.15) is 33.7 Å². The second kappa shape index (κ2) is 10.9. The van der Waals surface area contributed by atoms with Gasteiger partial charge in [0.15, 0.2) is 0 Å². The molecule has 0 aliphatic rings. The minimum absolute atomic E-state index is 0.280. The van der Waals surface area contributed by atoms with E-state index in [1.807, 2.05) is 4.68 Å². The lowest BCUT2D eigenvalue weighted by Gasteiger charge is -2.06. The summed E-state index contributed by atoms with van der Waals surface area (Å²) in [4.78, 5) is 7.80. The number of rotatable bonds is 1. The molecule has 0 spiro atoms. The molecule has 0 radical (unpaired) electrons. The van der Waals surface area contributed by atoms with Gasteiger partial charge in [0.25, 0.3) is 0 Å². The van der Waals surface area contributed by atoms with E-state index in [9.17, 15) is 0 Å². The van der Waals surface area contributed by atoms with Crippen molar-refractivity contribution in [2.24, 2.45) is 0 Å². The third-order valence-corrected chi connectivity index (χ3v) is 4.33. The van der Waals surface area contributed by atoms with Gasteiger partial charge in [0.2, 0.25) is 0 Å². The molecule has 4 rings (SSSR count). The number of pyridine rings is 2. The summed E-state index contributed by atoms with van der Waals surface area (Å²) in [6.45, 7) is 8.41. The largest absolute Gasteiger partial charge is 0.278 e. The van der Waals surface area contributed by atoms with E-state index in [0.29, 0.717) is 20.6 Å². The number of nitrogens with zero attached hydrogens (tertiary/aromatic N) is 5. The van der Waals surface area contributed by atoms with Crippen LogP contribution in [0.4, 0.5) is 0 Å². The van der Waals surface area contributed by atoms with Crippen LogP contribution in [0.25, 0.3) is 21.8 Å². The van der Waals surface area contributed by atoms with Gasteiger partial charge in [0.1, 0.15) is 20.6 Å². The van der Waals surface area contributed by atoms with E-state index < -0.39 is 0 Å². The van der Waals surface area contributed by atoms with Crippen LogP contribution in [0.15, 0.2) is 24.5 Å². The molecule has 4 aromatic heterocycles. The van der Waals surface area contributed by atoms with Gasteiger partial charge in [-0.05, 0) is 13.8 Å². The Morgan fingerprint density at radius 2 is 1.45 bits per heavy atom. The first-order valence-electron chi connectivity index (χ1n) is 8.58. The van der Waals surface area contributed by atoms with Crippen molar-refractivity contribution in [2.75, 3.05) is 0 Å². The molecule has 0 saturated carbocycles. The first kappa shape index (κ1) is 24.4. The predicted octanol–water partition coefficient (Wildman–Crippen LogP) is 7.41. The molecular weight excluding hydrogens is 569 g/mol. The fraction of sp³-hybridized carbons (Fsp3) is 0.333. The molecule has 4 heterocycles. The van der Waals surface area contributed by atoms with E-state index in [2.05, 4.69) is 75.5 Å². The lowest BCUT2D eigenvalue weighted by atomic mass is 10.3. The smallest absolute Gasteiger partial charge is 0.141 e. The fourth-order valence-corrected chi connectivity index (χ4v) is 3.21. The predicted molar refractivity (Wildman–Crippen MR) is 131 cm³/mol. The summed E-state index contributed by atoms with van der Waals surface area (Å²) < 4.78 is 2.67. The Balaban J connectivity index is 0.000000179. The first-order valence-corrected chi connectivity index (χ1v) is 11.3. The molecular formula is C18H19Cl4IN6. The van der Waals surface area contributed by atoms with Gasteiger partial charge in [-0.3, -0.25) is 9.78 Å². The minimum atomic E-state index is 0.280. The van der Waals surface area contributed by atoms with E-state index in [-0.39, 0.29) is 6.04 Å². The van der Waals surface area contributed by atoms with Crippen LogP contribution in [0.2, 0.25) is 20.6 Å². The number of hydrogen-bond donors (Lipinski definition) is 1. The summed E-state index contributed by atoms with van der Waals surface area (Å²) in [5.74, 6) is 0. The maximum atomic E-state index is 5.93. The maximum Gasteiger partial charge on any atom is 0.141 e. The number of alkyl halides is 1. The fourth-order valence-electron chi connectivity index (χ4n) is 2.26. The van der Waals surface area contributed by atoms with Crippen LogP contribution in [-0.2, 0) is 0 Å². The van der Waals surface area contributed by atoms with Crippen molar-refractivity contribution < 1.29 is 0 Å². The number of hydrogen-bond acceptors (Lipinski definition) is 4. The molecule has 0 atom stereocenters. The number of nitrogens with one attached hydrogen (secondary N) is 1. The highest BCUT2D eigenvalue weighted by Crippen LogP contribution is 2.26. The zero-order valence-corrected chi connectivity index (χ0v) is 21.3. The van der Waals surface area contributed by atoms with Crippen molar-refractivity contribution >= 4 is 90.8 Å². The zero-order valence-electron chi connectivity index (χ0n) is 16.1. The van der Waals surface area contributed by atoms with E-state index in [0.717, 1.165) is 25.7 Å². The van der Waals surface area contributed by atoms with Crippen LogP contribution in [-0.4, -0.2) is 33.9 Å². The van der Waals surface area contributed by atoms with Crippen LogP contribution in [0, 0.1) is 0 Å². The normalized spacial score (nSPS) is 10.9. The highest BCUT2D eigenvalue weighted by atomic mass is 127. The van der Waals surface area contributed by atoms with Gasteiger partial charge in [-0.2, -0.15) is 10.2 Å². The van der Waals surface area contributed by atoms with Crippen molar-refractivity contribution in [3.8, 4) is 0 Å². The van der Waals surface area contributed by atoms with Crippen LogP contribution in [0.5, 0.6) is 0 Å². The third kappa shape index (κ3) is 6.82. The van der Waals surface area contributed by atoms with E-state index >= 15 is 0 Å². The Hall–Kier alpha value is -0.870. The van der Waals surface area contributed by atoms with Gasteiger partial charge < -0.3 is 0 Å². The molecule has 1 N–H and O–H groups in total. The van der Waals surface area contributed by atoms with Crippen LogP contribution in [0.3, 0.4) is 0 Å². The quantitative estimate of drug-likeness (QED) is 0.143. The molecule has 0 aromatic carbocycles. The lowest BCUT2D eigenvalue weighted by Crippen LogP contribution is -2.01. The number of H-pyrrole nitrogens is 1. The number of aromatic nitrogens is 6. The summed E-state index contributed by atoms with van der Waals surface area (Å²) in [6, 6.07) is 3.73. The second-order valence-electron chi connectivity index (χ2n) is 6.43. The van der Waals surface area contributed by atoms with E-state index in [4.69, 9.17) is 46.4 Å². The van der Waals surface area contributed by atoms with Gasteiger partial charge in [-0.25, -0.2) is 9.97 Å². The van der Waals surface area contributed by atoms with Gasteiger partial charge in [-0.15, -0.1) is 0 Å². The van der Waals surface area contributed by atoms with Crippen LogP contribution >= 0.6 is 69.0 Å². The lowest BCUT2D eigenvalue weighted by molar-refractivity contribution is 0.551. The third-order valence-electron chi connectivity index (χ3n) is 3.37. The molecule has 11 heteroatoms. The molecule has 0 bridgehead atoms. The average Bonchev–Trinajstić information content (AvgIpc) is 3.21. The van der Waals surface area contributed by atoms with Crippen molar-refractivity contribution in [1.29, 1.82) is 0 Å². The van der Waals surface area contributed by atoms with Crippen molar-refractivity contribution in [3.05, 3.63) is 45.1 Å². The zero-order chi connectivity index (χ0) is 21.7. The van der Waals surface area contributed by atoms with Gasteiger partial charge >= 0.3 is 0 Å². The van der Waals surface area contributed by atoms with Crippen molar-refractivity contribution in [1.82, 2.24) is 29.9 Å². The van der Waals surface area contributed by atoms with Gasteiger partial charge in [0.05, 0.1) is 34.2 Å². The highest BCUT2D eigenvalue weighted by molar-refractivity contribution is 14.1. The summed E-state index contributed by atoms with van der Waals surface area (Å²) in [7, 11) is 0. The number of halogens is 5. The highest BCUT2D eigenvalue weighted by Gasteiger charge is 2.10. The summed E-state index contributed by atoms with van der Waals surface area (Å²) >= 11 is 25.5. The molecule has 0 unspecified atom stereocenters. The molecule has 6 nitrogen and oxygen atoms in total. The standard InChI is InChI=1S/C9H9Cl2N3.C6H3Cl2N3.C3H7I/c1-5(2)14-7-3-8(10)13-9(11)6(7)4-12-14;7-5-1-4-3(2-9-11-4)6(8)10-5;1-3(2)4/h3-5H,1-2H3;1-2H,(H,9,11);3H,1-2H3. The first-order chi connectivity index (χ1) is 13.6. The molecule has 4 aromatic rings. The molecule has 0 fully saturated rings. The van der Waals surface area contributed by atoms with Gasteiger partial charge in [-0.1, -0.05) is 82.8 Å². The van der Waals surface area contributed by atoms with Crippen LogP contribution < -0.4 is 0 Å². The van der Waals surface area contributed by atoms with Crippen molar-refractivity contribution in [3.63, 3.8) is 0 Å². The molecule has 156 valence electrons. The van der Waals surface area contributed by atoms with Gasteiger partial charge in [0, 0.05) is 22.1 Å². The monoisotopic (exact) mass is 586 g/mol. The SMILES string of the molecule is CC(C)I.CC(C)n1ncc2c(Cl)nc(Cl)cc21.Clc1cc2[nH]ncc2c(Cl)n1. The Bertz CT molecular complexity index is 1090. The summed E-state index contributed by atoms with van der Waals surface area (Å²) in [6.07, 6.45) is 3.32. The molecule has 0 amide bonds. The van der Waals surface area contributed by atoms with Crippen molar-refractivity contribution in [2.45, 2.75) is 37.7 Å². The van der Waals surface area contributed by atoms with E-state index in [1.54, 1.807) is 24.5 Å². The maximum absolute atomic E-state index is 5.93. The summed E-state index contributed by atoms with van der Waals surface area (Å²) in [5, 5.41) is 13.9. The Morgan fingerprint density at radius 1 is 0.897 bits per heavy atom. The topological polar surface area (TPSA) is 72.3 Å². The molecule has 29 heavy (non-hydrogen) atoms. The second-order valence-corrected chi connectivity index (χ2v) is 10.4. The molecule has 0 saturated heterocycles. The van der Waals surface area contributed by atoms with E-state index in [1.165, 1.54) is 0 Å². The number of fused-ring (bicyclic) bond motifs is 2. The molecule has 0 aliphatic heterocycles.